The lowest BCUT2D eigenvalue weighted by molar-refractivity contribution is -0.205. The molecule has 0 spiro atoms. The molecule has 1 aliphatic rings. The van der Waals surface area contributed by atoms with E-state index in [1.165, 1.54) is 0 Å². The minimum absolute atomic E-state index is 0.112. The number of halogens is 7. The molecule has 0 bridgehead atoms. The fourth-order valence-electron chi connectivity index (χ4n) is 3.37. The third kappa shape index (κ3) is 7.23. The summed E-state index contributed by atoms with van der Waals surface area (Å²) in [5.74, 6) is -6.69. The zero-order chi connectivity index (χ0) is 26.3. The van der Waals surface area contributed by atoms with E-state index in [0.29, 0.717) is 25.3 Å². The highest BCUT2D eigenvalue weighted by Crippen LogP contribution is 2.37. The van der Waals surface area contributed by atoms with Crippen LogP contribution in [0.25, 0.3) is 0 Å². The predicted octanol–water partition coefficient (Wildman–Crippen LogP) is 7.76. The summed E-state index contributed by atoms with van der Waals surface area (Å²) in [6.07, 6.45) is -1.01. The number of hydrogen-bond acceptors (Lipinski definition) is 4. The van der Waals surface area contributed by atoms with E-state index in [1.807, 2.05) is 6.08 Å². The van der Waals surface area contributed by atoms with Gasteiger partial charge in [-0.25, -0.2) is 13.2 Å². The third-order valence-electron chi connectivity index (χ3n) is 5.12. The maximum atomic E-state index is 14.6. The molecular weight excluding hydrogens is 497 g/mol. The van der Waals surface area contributed by atoms with E-state index in [2.05, 4.69) is 22.5 Å². The van der Waals surface area contributed by atoms with Gasteiger partial charge in [0.05, 0.1) is 18.8 Å². The summed E-state index contributed by atoms with van der Waals surface area (Å²) in [7, 11) is 0. The Morgan fingerprint density at radius 2 is 1.67 bits per heavy atom. The fourth-order valence-corrected chi connectivity index (χ4v) is 3.37. The molecule has 36 heavy (non-hydrogen) atoms. The van der Waals surface area contributed by atoms with Gasteiger partial charge in [0.25, 0.3) is 0 Å². The van der Waals surface area contributed by atoms with E-state index in [0.717, 1.165) is 37.5 Å². The van der Waals surface area contributed by atoms with Gasteiger partial charge in [0, 0.05) is 23.6 Å². The molecule has 0 amide bonds. The molecule has 1 saturated heterocycles. The van der Waals surface area contributed by atoms with Crippen LogP contribution in [0.2, 0.25) is 0 Å². The van der Waals surface area contributed by atoms with Gasteiger partial charge in [-0.2, -0.15) is 17.6 Å². The standard InChI is InChI=1S/C25H23F7O4/c1-2-3-4-5-6-15-12-34-24(35-13-15)16-7-8-18(19(26)9-16)25(31,32)36-17-10-20(27)23(21(28)11-17)33-14-22(29)30/h4-5,7-11,14-15,24H,2-3,6,12-13H2,1H3/b5-4-. The highest BCUT2D eigenvalue weighted by atomic mass is 19.3. The van der Waals surface area contributed by atoms with Crippen LogP contribution in [0.15, 0.2) is 54.8 Å². The Bertz CT molecular complexity index is 1070. The minimum Gasteiger partial charge on any atom is -0.453 e. The second-order valence-corrected chi connectivity index (χ2v) is 7.96. The monoisotopic (exact) mass is 520 g/mol. The quantitative estimate of drug-likeness (QED) is 0.182. The van der Waals surface area contributed by atoms with Crippen LogP contribution in [-0.4, -0.2) is 13.2 Å². The average molecular weight is 520 g/mol. The van der Waals surface area contributed by atoms with Crippen LogP contribution in [0.4, 0.5) is 30.7 Å². The molecule has 2 aromatic rings. The summed E-state index contributed by atoms with van der Waals surface area (Å²) >= 11 is 0. The smallest absolute Gasteiger partial charge is 0.429 e. The van der Waals surface area contributed by atoms with Crippen molar-refractivity contribution in [1.82, 2.24) is 0 Å². The topological polar surface area (TPSA) is 36.9 Å². The van der Waals surface area contributed by atoms with Gasteiger partial charge in [0.15, 0.2) is 29.9 Å². The second kappa shape index (κ2) is 12.3. The Kier molecular flexibility index (Phi) is 9.38. The first-order valence-electron chi connectivity index (χ1n) is 11.0. The minimum atomic E-state index is -4.33. The second-order valence-electron chi connectivity index (χ2n) is 7.96. The first kappa shape index (κ1) is 27.5. The van der Waals surface area contributed by atoms with E-state index < -0.39 is 53.0 Å². The van der Waals surface area contributed by atoms with Gasteiger partial charge in [-0.3, -0.25) is 0 Å². The zero-order valence-corrected chi connectivity index (χ0v) is 19.1. The largest absolute Gasteiger partial charge is 0.453 e. The summed E-state index contributed by atoms with van der Waals surface area (Å²) in [4.78, 5) is 0. The van der Waals surface area contributed by atoms with Crippen LogP contribution in [0.5, 0.6) is 11.5 Å². The van der Waals surface area contributed by atoms with Gasteiger partial charge in [0.2, 0.25) is 0 Å². The van der Waals surface area contributed by atoms with Crippen molar-refractivity contribution in [3.8, 4) is 11.5 Å². The summed E-state index contributed by atoms with van der Waals surface area (Å²) in [5.41, 5.74) is -1.04. The summed E-state index contributed by atoms with van der Waals surface area (Å²) in [5, 5.41) is 0. The van der Waals surface area contributed by atoms with E-state index in [4.69, 9.17) is 9.47 Å². The lowest BCUT2D eigenvalue weighted by atomic mass is 10.1. The lowest BCUT2D eigenvalue weighted by Gasteiger charge is -2.29. The molecule has 0 aromatic heterocycles. The highest BCUT2D eigenvalue weighted by Gasteiger charge is 2.39. The Morgan fingerprint density at radius 3 is 2.25 bits per heavy atom. The molecule has 1 aliphatic heterocycles. The Morgan fingerprint density at radius 1 is 1.00 bits per heavy atom. The molecule has 4 nitrogen and oxygen atoms in total. The third-order valence-corrected chi connectivity index (χ3v) is 5.12. The van der Waals surface area contributed by atoms with Crippen LogP contribution in [-0.2, 0) is 15.6 Å². The molecule has 1 heterocycles. The lowest BCUT2D eigenvalue weighted by Crippen LogP contribution is -2.27. The number of unbranched alkanes of at least 4 members (excludes halogenated alkanes) is 1. The first-order valence-corrected chi connectivity index (χ1v) is 11.0. The van der Waals surface area contributed by atoms with Crippen molar-refractivity contribution in [2.75, 3.05) is 13.2 Å². The van der Waals surface area contributed by atoms with Crippen LogP contribution < -0.4 is 9.47 Å². The summed E-state index contributed by atoms with van der Waals surface area (Å²) in [6.45, 7) is 2.75. The van der Waals surface area contributed by atoms with Crippen LogP contribution in [0.1, 0.15) is 43.6 Å². The molecule has 0 unspecified atom stereocenters. The average Bonchev–Trinajstić information content (AvgIpc) is 2.81. The van der Waals surface area contributed by atoms with Crippen molar-refractivity contribution in [2.24, 2.45) is 5.92 Å². The predicted molar refractivity (Wildman–Crippen MR) is 115 cm³/mol. The van der Waals surface area contributed by atoms with Crippen molar-refractivity contribution >= 4 is 0 Å². The molecule has 0 saturated carbocycles. The van der Waals surface area contributed by atoms with E-state index in [9.17, 15) is 30.7 Å². The molecule has 11 heteroatoms. The number of benzene rings is 2. The Balaban J connectivity index is 1.67. The van der Waals surface area contributed by atoms with Crippen LogP contribution in [0, 0.1) is 23.4 Å². The number of alkyl halides is 2. The maximum absolute atomic E-state index is 14.6. The Labute approximate surface area is 202 Å². The number of ether oxygens (including phenoxy) is 4. The molecule has 196 valence electrons. The normalized spacial score (nSPS) is 18.3. The van der Waals surface area contributed by atoms with Crippen molar-refractivity contribution in [3.63, 3.8) is 0 Å². The van der Waals surface area contributed by atoms with Crippen molar-refractivity contribution in [3.05, 3.63) is 83.4 Å². The van der Waals surface area contributed by atoms with Gasteiger partial charge in [-0.1, -0.05) is 31.6 Å². The van der Waals surface area contributed by atoms with E-state index in [-0.39, 0.29) is 17.7 Å². The summed E-state index contributed by atoms with van der Waals surface area (Å²) in [6, 6.07) is 3.29. The van der Waals surface area contributed by atoms with E-state index >= 15 is 0 Å². The van der Waals surface area contributed by atoms with Crippen molar-refractivity contribution < 1.29 is 49.7 Å². The first-order chi connectivity index (χ1) is 17.1. The molecule has 0 atom stereocenters. The maximum Gasteiger partial charge on any atom is 0.429 e. The number of hydrogen-bond donors (Lipinski definition) is 0. The number of allylic oxidation sites excluding steroid dienone is 2. The molecule has 0 radical (unpaired) electrons. The van der Waals surface area contributed by atoms with Gasteiger partial charge >= 0.3 is 12.2 Å². The highest BCUT2D eigenvalue weighted by molar-refractivity contribution is 5.36. The van der Waals surface area contributed by atoms with Gasteiger partial charge in [0.1, 0.15) is 11.6 Å². The number of rotatable bonds is 10. The van der Waals surface area contributed by atoms with Gasteiger partial charge in [-0.15, -0.1) is 0 Å². The van der Waals surface area contributed by atoms with Gasteiger partial charge in [-0.05, 0) is 25.0 Å². The molecule has 3 rings (SSSR count). The fraction of sp³-hybridized carbons (Fsp3) is 0.360. The molecule has 1 fully saturated rings. The van der Waals surface area contributed by atoms with E-state index in [1.54, 1.807) is 0 Å². The Hall–Kier alpha value is -3.05. The zero-order valence-electron chi connectivity index (χ0n) is 19.1. The summed E-state index contributed by atoms with van der Waals surface area (Å²) < 4.78 is 115. The molecule has 0 aliphatic carbocycles. The SMILES string of the molecule is CCC/C=C\CC1COC(c2ccc(C(F)(F)Oc3cc(F)c(OC=C(F)F)c(F)c3)c(F)c2)OC1. The van der Waals surface area contributed by atoms with Crippen LogP contribution in [0.3, 0.4) is 0 Å². The van der Waals surface area contributed by atoms with Crippen molar-refractivity contribution in [2.45, 2.75) is 38.6 Å². The van der Waals surface area contributed by atoms with Crippen molar-refractivity contribution in [1.29, 1.82) is 0 Å². The molecule has 2 aromatic carbocycles. The van der Waals surface area contributed by atoms with Crippen LogP contribution >= 0.6 is 0 Å². The van der Waals surface area contributed by atoms with Gasteiger partial charge < -0.3 is 18.9 Å². The molecule has 0 N–H and O–H groups in total. The molecular formula is C25H23F7O4.